The molecule has 1 saturated carbocycles. The number of nitrogens with two attached hydrogens (primary N) is 2. The van der Waals surface area contributed by atoms with E-state index in [1.807, 2.05) is 11.0 Å². The summed E-state index contributed by atoms with van der Waals surface area (Å²) in [7, 11) is -3.69. The smallest absolute Gasteiger partial charge is 0.261 e. The minimum absolute atomic E-state index is 0.165. The molecule has 0 unspecified atom stereocenters. The lowest BCUT2D eigenvalue weighted by Gasteiger charge is -2.45. The van der Waals surface area contributed by atoms with Crippen molar-refractivity contribution in [2.75, 3.05) is 9.62 Å². The standard InChI is InChI=1S/C20H24N6O2S/c21-18-23-19(22)26(20(24-18)13-5-2-6-14-20)16-9-11-17(12-10-16)29(27,28)25-15-7-3-1-4-8-15/h1,3-4,7-12,25H,2,5-6,13-14H2,(H4,21,22,23,24). The lowest BCUT2D eigenvalue weighted by molar-refractivity contribution is 0.305. The number of benzene rings is 2. The number of sulfonamides is 1. The first kappa shape index (κ1) is 19.3. The first-order valence-corrected chi connectivity index (χ1v) is 11.1. The van der Waals surface area contributed by atoms with Crippen LogP contribution >= 0.6 is 0 Å². The van der Waals surface area contributed by atoms with Crippen molar-refractivity contribution in [3.8, 4) is 0 Å². The highest BCUT2D eigenvalue weighted by molar-refractivity contribution is 7.92. The maximum atomic E-state index is 12.7. The molecule has 0 aromatic heterocycles. The van der Waals surface area contributed by atoms with Crippen LogP contribution in [-0.4, -0.2) is 26.0 Å². The van der Waals surface area contributed by atoms with Crippen molar-refractivity contribution in [3.05, 3.63) is 54.6 Å². The average Bonchev–Trinajstić information content (AvgIpc) is 2.69. The molecule has 0 bridgehead atoms. The molecule has 0 atom stereocenters. The van der Waals surface area contributed by atoms with Gasteiger partial charge in [-0.25, -0.2) is 13.4 Å². The van der Waals surface area contributed by atoms with Crippen LogP contribution in [0.1, 0.15) is 32.1 Å². The molecule has 0 amide bonds. The molecule has 2 aromatic carbocycles. The van der Waals surface area contributed by atoms with E-state index in [9.17, 15) is 8.42 Å². The summed E-state index contributed by atoms with van der Waals surface area (Å²) in [4.78, 5) is 10.8. The monoisotopic (exact) mass is 412 g/mol. The molecule has 2 aliphatic rings. The van der Waals surface area contributed by atoms with Gasteiger partial charge in [-0.2, -0.15) is 4.99 Å². The van der Waals surface area contributed by atoms with Crippen molar-refractivity contribution in [1.82, 2.24) is 0 Å². The molecular formula is C20H24N6O2S. The van der Waals surface area contributed by atoms with Crippen LogP contribution in [0.4, 0.5) is 11.4 Å². The third-order valence-corrected chi connectivity index (χ3v) is 6.68. The molecule has 2 aromatic rings. The number of nitrogens with one attached hydrogen (secondary N) is 1. The van der Waals surface area contributed by atoms with Crippen molar-refractivity contribution in [2.24, 2.45) is 21.5 Å². The van der Waals surface area contributed by atoms with Crippen LogP contribution in [-0.2, 0) is 10.0 Å². The Labute approximate surface area is 170 Å². The van der Waals surface area contributed by atoms with E-state index in [1.165, 1.54) is 0 Å². The molecule has 0 saturated heterocycles. The number of nitrogens with zero attached hydrogens (tertiary/aromatic N) is 3. The van der Waals surface area contributed by atoms with Gasteiger partial charge in [0, 0.05) is 11.4 Å². The summed E-state index contributed by atoms with van der Waals surface area (Å²) in [5.41, 5.74) is 12.8. The third-order valence-electron chi connectivity index (χ3n) is 5.28. The van der Waals surface area contributed by atoms with Gasteiger partial charge >= 0.3 is 0 Å². The molecule has 9 heteroatoms. The summed E-state index contributed by atoms with van der Waals surface area (Å²) in [5.74, 6) is 0.462. The molecule has 1 aliphatic heterocycles. The van der Waals surface area contributed by atoms with Crippen LogP contribution in [0.2, 0.25) is 0 Å². The Kier molecular flexibility index (Phi) is 4.91. The predicted octanol–water partition coefficient (Wildman–Crippen LogP) is 2.60. The van der Waals surface area contributed by atoms with Gasteiger partial charge in [0.25, 0.3) is 10.0 Å². The van der Waals surface area contributed by atoms with Crippen LogP contribution in [0.5, 0.6) is 0 Å². The summed E-state index contributed by atoms with van der Waals surface area (Å²) in [6.07, 6.45) is 4.82. The predicted molar refractivity (Wildman–Crippen MR) is 115 cm³/mol. The van der Waals surface area contributed by atoms with E-state index in [0.29, 0.717) is 5.69 Å². The third kappa shape index (κ3) is 3.77. The van der Waals surface area contributed by atoms with Crippen molar-refractivity contribution in [3.63, 3.8) is 0 Å². The van der Waals surface area contributed by atoms with Gasteiger partial charge < -0.3 is 11.5 Å². The summed E-state index contributed by atoms with van der Waals surface area (Å²) >= 11 is 0. The van der Waals surface area contributed by atoms with Crippen LogP contribution in [0.25, 0.3) is 0 Å². The minimum Gasteiger partial charge on any atom is -0.369 e. The zero-order valence-electron chi connectivity index (χ0n) is 16.0. The highest BCUT2D eigenvalue weighted by Gasteiger charge is 2.42. The average molecular weight is 413 g/mol. The quantitative estimate of drug-likeness (QED) is 0.711. The molecule has 1 aliphatic carbocycles. The van der Waals surface area contributed by atoms with E-state index >= 15 is 0 Å². The Bertz CT molecular complexity index is 1040. The fourth-order valence-electron chi connectivity index (χ4n) is 3.99. The van der Waals surface area contributed by atoms with Gasteiger partial charge in [-0.05, 0) is 62.1 Å². The highest BCUT2D eigenvalue weighted by atomic mass is 32.2. The number of hydrogen-bond acceptors (Lipinski definition) is 7. The maximum Gasteiger partial charge on any atom is 0.261 e. The van der Waals surface area contributed by atoms with Gasteiger partial charge in [0.15, 0.2) is 0 Å². The van der Waals surface area contributed by atoms with Crippen molar-refractivity contribution >= 4 is 33.3 Å². The molecule has 152 valence electrons. The van der Waals surface area contributed by atoms with Crippen molar-refractivity contribution in [2.45, 2.75) is 42.7 Å². The lowest BCUT2D eigenvalue weighted by atomic mass is 9.87. The Morgan fingerprint density at radius 3 is 2.24 bits per heavy atom. The van der Waals surface area contributed by atoms with Gasteiger partial charge in [0.1, 0.15) is 5.66 Å². The Morgan fingerprint density at radius 2 is 1.59 bits per heavy atom. The fourth-order valence-corrected chi connectivity index (χ4v) is 5.05. The van der Waals surface area contributed by atoms with Crippen LogP contribution in [0.15, 0.2) is 69.5 Å². The van der Waals surface area contributed by atoms with Crippen LogP contribution in [0, 0.1) is 0 Å². The van der Waals surface area contributed by atoms with Crippen LogP contribution in [0.3, 0.4) is 0 Å². The summed E-state index contributed by atoms with van der Waals surface area (Å²) in [5, 5.41) is 0. The molecule has 5 N–H and O–H groups in total. The molecule has 29 heavy (non-hydrogen) atoms. The molecule has 4 rings (SSSR count). The molecule has 1 heterocycles. The Morgan fingerprint density at radius 1 is 0.931 bits per heavy atom. The normalized spacial score (nSPS) is 18.8. The van der Waals surface area contributed by atoms with Crippen molar-refractivity contribution < 1.29 is 8.42 Å². The topological polar surface area (TPSA) is 126 Å². The molecule has 1 fully saturated rings. The largest absolute Gasteiger partial charge is 0.369 e. The summed E-state index contributed by atoms with van der Waals surface area (Å²) in [6, 6.07) is 15.4. The molecule has 1 spiro atoms. The van der Waals surface area contributed by atoms with E-state index in [1.54, 1.807) is 48.5 Å². The number of anilines is 2. The number of aliphatic imine (C=N–C) groups is 2. The maximum absolute atomic E-state index is 12.7. The zero-order valence-corrected chi connectivity index (χ0v) is 16.8. The van der Waals surface area contributed by atoms with Gasteiger partial charge in [-0.15, -0.1) is 0 Å². The zero-order chi connectivity index (χ0) is 20.5. The SMILES string of the molecule is NC1=NC2(CCCCC2)N(c2ccc(S(=O)(=O)Nc3ccccc3)cc2)C(N)=N1. The van der Waals surface area contributed by atoms with E-state index in [4.69, 9.17) is 11.5 Å². The fraction of sp³-hybridized carbons (Fsp3) is 0.300. The molecule has 8 nitrogen and oxygen atoms in total. The second-order valence-electron chi connectivity index (χ2n) is 7.28. The summed E-state index contributed by atoms with van der Waals surface area (Å²) < 4.78 is 27.9. The number of para-hydroxylation sites is 1. The van der Waals surface area contributed by atoms with Gasteiger partial charge in [0.05, 0.1) is 4.90 Å². The van der Waals surface area contributed by atoms with E-state index in [2.05, 4.69) is 14.7 Å². The Balaban J connectivity index is 1.64. The number of guanidine groups is 2. The minimum atomic E-state index is -3.69. The van der Waals surface area contributed by atoms with E-state index < -0.39 is 15.7 Å². The number of rotatable bonds is 4. The lowest BCUT2D eigenvalue weighted by Crippen LogP contribution is -2.58. The summed E-state index contributed by atoms with van der Waals surface area (Å²) in [6.45, 7) is 0. The van der Waals surface area contributed by atoms with Crippen LogP contribution < -0.4 is 21.1 Å². The van der Waals surface area contributed by atoms with Crippen molar-refractivity contribution in [1.29, 1.82) is 0 Å². The highest BCUT2D eigenvalue weighted by Crippen LogP contribution is 2.39. The first-order valence-electron chi connectivity index (χ1n) is 9.57. The van der Waals surface area contributed by atoms with Gasteiger partial charge in [-0.1, -0.05) is 24.6 Å². The van der Waals surface area contributed by atoms with E-state index in [0.717, 1.165) is 37.8 Å². The first-order chi connectivity index (χ1) is 13.9. The van der Waals surface area contributed by atoms with Gasteiger partial charge in [-0.3, -0.25) is 9.62 Å². The number of hydrogen-bond donors (Lipinski definition) is 3. The Hall–Kier alpha value is -3.07. The molecule has 0 radical (unpaired) electrons. The van der Waals surface area contributed by atoms with E-state index in [-0.39, 0.29) is 16.8 Å². The van der Waals surface area contributed by atoms with Gasteiger partial charge in [0.2, 0.25) is 11.9 Å². The second kappa shape index (κ2) is 7.40. The molecular weight excluding hydrogens is 388 g/mol. The second-order valence-corrected chi connectivity index (χ2v) is 8.97.